The van der Waals surface area contributed by atoms with Crippen molar-refractivity contribution in [2.45, 2.75) is 36.5 Å². The molecule has 2 bridgehead atoms. The van der Waals surface area contributed by atoms with Crippen LogP contribution in [0.1, 0.15) is 23.0 Å². The first-order valence-corrected chi connectivity index (χ1v) is 7.72. The molecule has 5 atom stereocenters. The summed E-state index contributed by atoms with van der Waals surface area (Å²) in [4.78, 5) is 1.35. The molecule has 0 saturated carbocycles. The Labute approximate surface area is 137 Å². The van der Waals surface area contributed by atoms with E-state index in [4.69, 9.17) is 20.1 Å². The number of hydrogen-bond donors (Lipinski definition) is 1. The molecule has 0 amide bonds. The van der Waals surface area contributed by atoms with Crippen LogP contribution in [0.15, 0.2) is 24.3 Å². The number of nitrogens with zero attached hydrogens (tertiary/aromatic N) is 1. The lowest BCUT2D eigenvalue weighted by Gasteiger charge is -2.56. The minimum atomic E-state index is -2.35. The number of aliphatic hydroxyl groups excluding tert-OH is 1. The van der Waals surface area contributed by atoms with Crippen LogP contribution in [0.3, 0.4) is 0 Å². The average Bonchev–Trinajstić information content (AvgIpc) is 2.94. The predicted molar refractivity (Wildman–Crippen MR) is 82.5 cm³/mol. The van der Waals surface area contributed by atoms with E-state index in [1.54, 1.807) is 13.2 Å². The SMILES string of the molecule is [2H]OC1C=C[C@@H]2[C@@]34CCN(C([2H])([2H])[2H])[C@]2([2H])Cc2ccc(OC)c(c23)OC14. The highest BCUT2D eigenvalue weighted by molar-refractivity contribution is 5.62. The maximum atomic E-state index is 9.29. The normalized spacial score (nSPS) is 48.2. The van der Waals surface area contributed by atoms with Crippen LogP contribution in [0.2, 0.25) is 0 Å². The fourth-order valence-corrected chi connectivity index (χ4v) is 4.94. The van der Waals surface area contributed by atoms with Gasteiger partial charge in [-0.2, -0.15) is 0 Å². The highest BCUT2D eigenvalue weighted by Crippen LogP contribution is 2.62. The number of ether oxygens (including phenoxy) is 2. The van der Waals surface area contributed by atoms with Gasteiger partial charge in [0.15, 0.2) is 11.5 Å². The van der Waals surface area contributed by atoms with E-state index in [9.17, 15) is 1.37 Å². The molecule has 1 fully saturated rings. The molecule has 4 nitrogen and oxygen atoms in total. The van der Waals surface area contributed by atoms with Crippen LogP contribution in [0, 0.1) is 5.92 Å². The molecule has 1 saturated heterocycles. The molecule has 4 heteroatoms. The van der Waals surface area contributed by atoms with E-state index in [0.717, 1.165) is 11.1 Å². The molecule has 2 unspecified atom stereocenters. The van der Waals surface area contributed by atoms with Crippen molar-refractivity contribution >= 4 is 0 Å². The molecule has 5 rings (SSSR count). The van der Waals surface area contributed by atoms with Gasteiger partial charge in [-0.15, -0.1) is 0 Å². The Morgan fingerprint density at radius 3 is 3.32 bits per heavy atom. The lowest BCUT2D eigenvalue weighted by Crippen LogP contribution is -2.64. The van der Waals surface area contributed by atoms with E-state index >= 15 is 0 Å². The van der Waals surface area contributed by atoms with Crippen molar-refractivity contribution in [3.63, 3.8) is 0 Å². The number of piperidine rings is 1. The van der Waals surface area contributed by atoms with Crippen molar-refractivity contribution in [1.29, 1.82) is 1.43 Å². The van der Waals surface area contributed by atoms with Crippen molar-refractivity contribution in [1.82, 2.24) is 4.90 Å². The maximum Gasteiger partial charge on any atom is 0.211 e. The second-order valence-electron chi connectivity index (χ2n) is 6.61. The van der Waals surface area contributed by atoms with Gasteiger partial charge >= 0.3 is 0 Å². The van der Waals surface area contributed by atoms with Gasteiger partial charge in [0, 0.05) is 28.4 Å². The summed E-state index contributed by atoms with van der Waals surface area (Å²) in [5.74, 6) is 0.910. The van der Waals surface area contributed by atoms with Gasteiger partial charge in [-0.3, -0.25) is 0 Å². The zero-order valence-corrected chi connectivity index (χ0v) is 12.3. The first-order valence-electron chi connectivity index (χ1n) is 10.1. The molecule has 4 aliphatic rings. The summed E-state index contributed by atoms with van der Waals surface area (Å²) in [5, 5.41) is 4.95. The highest BCUT2D eigenvalue weighted by Gasteiger charge is 2.64. The summed E-state index contributed by atoms with van der Waals surface area (Å²) >= 11 is 0. The van der Waals surface area contributed by atoms with Gasteiger partial charge in [0.1, 0.15) is 12.2 Å². The second-order valence-corrected chi connectivity index (χ2v) is 6.61. The number of benzene rings is 1. The molecule has 2 aliphatic carbocycles. The molecule has 1 N–H and O–H groups in total. The number of hydrogen-bond acceptors (Lipinski definition) is 4. The lowest BCUT2D eigenvalue weighted by atomic mass is 9.53. The first kappa shape index (κ1) is 8.94. The van der Waals surface area contributed by atoms with E-state index in [2.05, 4.69) is 0 Å². The Bertz CT molecular complexity index is 843. The van der Waals surface area contributed by atoms with Crippen molar-refractivity contribution in [2.75, 3.05) is 20.6 Å². The minimum absolute atomic E-state index is 0.269. The third-order valence-corrected chi connectivity index (χ3v) is 5.82. The van der Waals surface area contributed by atoms with Gasteiger partial charge in [0.2, 0.25) is 1.43 Å². The monoisotopic (exact) mass is 304 g/mol. The largest absolute Gasteiger partial charge is 0.493 e. The summed E-state index contributed by atoms with van der Waals surface area (Å²) in [6.07, 6.45) is 3.40. The molecule has 2 aliphatic heterocycles. The van der Waals surface area contributed by atoms with E-state index in [1.165, 1.54) is 4.90 Å². The highest BCUT2D eigenvalue weighted by atomic mass is 16.5. The minimum Gasteiger partial charge on any atom is -0.493 e. The number of likely N-dealkylation sites (tertiary alicyclic amines) is 1. The first-order chi connectivity index (χ1) is 12.8. The average molecular weight is 304 g/mol. The Morgan fingerprint density at radius 2 is 2.50 bits per heavy atom. The molecule has 22 heavy (non-hydrogen) atoms. The van der Waals surface area contributed by atoms with Crippen molar-refractivity contribution in [3.05, 3.63) is 35.4 Å². The van der Waals surface area contributed by atoms with Crippen LogP contribution < -0.4 is 9.47 Å². The Morgan fingerprint density at radius 1 is 1.55 bits per heavy atom. The zero-order chi connectivity index (χ0) is 19.2. The summed E-state index contributed by atoms with van der Waals surface area (Å²) in [5.41, 5.74) is 1.35. The summed E-state index contributed by atoms with van der Waals surface area (Å²) in [7, 11) is 1.59. The van der Waals surface area contributed by atoms with Crippen molar-refractivity contribution in [3.8, 4) is 11.5 Å². The Hall–Kier alpha value is -1.52. The Balaban J connectivity index is 1.79. The van der Waals surface area contributed by atoms with E-state index < -0.39 is 30.6 Å². The van der Waals surface area contributed by atoms with Crippen LogP contribution in [0.25, 0.3) is 0 Å². The number of aliphatic hydroxyl groups is 1. The second kappa shape index (κ2) is 4.06. The zero-order valence-electron chi connectivity index (χ0n) is 17.3. The lowest BCUT2D eigenvalue weighted by molar-refractivity contribution is -0.0453. The third-order valence-electron chi connectivity index (χ3n) is 5.82. The molecule has 1 aromatic rings. The maximum absolute atomic E-state index is 9.29. The standard InChI is InChI=1S/C18H21NO3/c1-19-8-7-18-11-4-5-13(20)17(18)22-16-14(21-2)6-3-10(15(16)18)9-12(11)19/h3-6,11-13,17,20H,7-9H2,1-2H3/t11-,12+,13?,17?,18-/m0/s1/i1D3,12D,20D. The molecule has 2 heterocycles. The summed E-state index contributed by atoms with van der Waals surface area (Å²) in [6, 6.07) is 2.42. The fraction of sp³-hybridized carbons (Fsp3) is 0.556. The number of rotatable bonds is 2. The molecule has 1 spiro atoms. The van der Waals surface area contributed by atoms with Gasteiger partial charge in [0.05, 0.1) is 7.11 Å². The fourth-order valence-electron chi connectivity index (χ4n) is 4.94. The van der Waals surface area contributed by atoms with Gasteiger partial charge in [-0.25, -0.2) is 0 Å². The van der Waals surface area contributed by atoms with Gasteiger partial charge in [-0.1, -0.05) is 18.2 Å². The van der Waals surface area contributed by atoms with Crippen LogP contribution in [-0.2, 0) is 11.8 Å². The van der Waals surface area contributed by atoms with Gasteiger partial charge < -0.3 is 19.5 Å². The van der Waals surface area contributed by atoms with Crippen LogP contribution in [0.4, 0.5) is 0 Å². The quantitative estimate of drug-likeness (QED) is 0.841. The van der Waals surface area contributed by atoms with Crippen LogP contribution in [0.5, 0.6) is 11.5 Å². The molecule has 0 radical (unpaired) electrons. The van der Waals surface area contributed by atoms with E-state index in [-0.39, 0.29) is 12.5 Å². The van der Waals surface area contributed by atoms with Gasteiger partial charge in [-0.05, 0) is 38.0 Å². The summed E-state index contributed by atoms with van der Waals surface area (Å²) in [6.45, 7) is -2.08. The van der Waals surface area contributed by atoms with E-state index in [0.29, 0.717) is 24.3 Å². The third kappa shape index (κ3) is 1.28. The van der Waals surface area contributed by atoms with Gasteiger partial charge in [0.25, 0.3) is 0 Å². The van der Waals surface area contributed by atoms with E-state index in [1.807, 2.05) is 18.2 Å². The van der Waals surface area contributed by atoms with Crippen LogP contribution >= 0.6 is 0 Å². The van der Waals surface area contributed by atoms with Crippen LogP contribution in [-0.4, -0.2) is 50.3 Å². The smallest absolute Gasteiger partial charge is 0.211 e. The predicted octanol–water partition coefficient (Wildman–Crippen LogP) is 1.50. The molecular formula is C18H21NO3. The Kier molecular flexibility index (Phi) is 1.65. The molecule has 0 aromatic heterocycles. The molecule has 1 aromatic carbocycles. The molecule has 116 valence electrons. The summed E-state index contributed by atoms with van der Waals surface area (Å²) < 4.78 is 52.5. The van der Waals surface area contributed by atoms with Crippen molar-refractivity contribution in [2.24, 2.45) is 5.92 Å². The van der Waals surface area contributed by atoms with Crippen molar-refractivity contribution < 1.29 is 20.1 Å². The number of methoxy groups -OCH3 is 1. The topological polar surface area (TPSA) is 41.9 Å². The number of likely N-dealkylation sites (N-methyl/N-ethyl adjacent to an activating group) is 1. The molecular weight excluding hydrogens is 278 g/mol.